The third kappa shape index (κ3) is 5.08. The van der Waals surface area contributed by atoms with Gasteiger partial charge in [0.05, 0.1) is 12.6 Å². The average molecular weight is 313 g/mol. The zero-order valence-electron chi connectivity index (χ0n) is 13.3. The fourth-order valence-corrected chi connectivity index (χ4v) is 2.98. The van der Waals surface area contributed by atoms with E-state index in [1.165, 1.54) is 6.92 Å². The molecule has 0 aromatic rings. The zero-order valence-corrected chi connectivity index (χ0v) is 13.3. The SMILES string of the molecule is C=C[C@@H]1C[C@H](C(=O)O)NC1[C@H](CN(CC)CCO)NC(C)=O. The van der Waals surface area contributed by atoms with Crippen molar-refractivity contribution >= 4 is 11.9 Å². The molecule has 7 heteroatoms. The number of carboxylic acid groups (broad SMARTS) is 1. The quantitative estimate of drug-likeness (QED) is 0.425. The summed E-state index contributed by atoms with van der Waals surface area (Å²) in [5, 5.41) is 24.3. The van der Waals surface area contributed by atoms with Crippen LogP contribution in [0.25, 0.3) is 0 Å². The Labute approximate surface area is 131 Å². The topological polar surface area (TPSA) is 102 Å². The molecule has 1 aliphatic rings. The summed E-state index contributed by atoms with van der Waals surface area (Å²) < 4.78 is 0. The van der Waals surface area contributed by atoms with E-state index in [0.717, 1.165) is 6.54 Å². The number of carbonyl (C=O) groups is 2. The van der Waals surface area contributed by atoms with E-state index < -0.39 is 12.0 Å². The smallest absolute Gasteiger partial charge is 0.320 e. The number of amides is 1. The summed E-state index contributed by atoms with van der Waals surface area (Å²) in [5.41, 5.74) is 0. The van der Waals surface area contributed by atoms with Crippen LogP contribution in [0.2, 0.25) is 0 Å². The van der Waals surface area contributed by atoms with Gasteiger partial charge in [0.1, 0.15) is 6.04 Å². The van der Waals surface area contributed by atoms with Gasteiger partial charge in [-0.1, -0.05) is 13.0 Å². The fourth-order valence-electron chi connectivity index (χ4n) is 2.98. The van der Waals surface area contributed by atoms with Gasteiger partial charge in [0, 0.05) is 26.1 Å². The van der Waals surface area contributed by atoms with Crippen molar-refractivity contribution < 1.29 is 19.8 Å². The number of likely N-dealkylation sites (N-methyl/N-ethyl adjacent to an activating group) is 1. The van der Waals surface area contributed by atoms with Crippen LogP contribution in [0.15, 0.2) is 12.7 Å². The van der Waals surface area contributed by atoms with E-state index in [0.29, 0.717) is 19.5 Å². The number of rotatable bonds is 9. The molecule has 0 bridgehead atoms. The minimum Gasteiger partial charge on any atom is -0.480 e. The molecular formula is C15H27N3O4. The summed E-state index contributed by atoms with van der Waals surface area (Å²) in [6, 6.07) is -1.05. The summed E-state index contributed by atoms with van der Waals surface area (Å²) in [6.45, 7) is 9.06. The molecule has 1 heterocycles. The van der Waals surface area contributed by atoms with Crippen molar-refractivity contribution in [2.24, 2.45) is 5.92 Å². The molecule has 126 valence electrons. The molecule has 0 aromatic heterocycles. The van der Waals surface area contributed by atoms with E-state index >= 15 is 0 Å². The lowest BCUT2D eigenvalue weighted by molar-refractivity contribution is -0.139. The number of hydrogen-bond donors (Lipinski definition) is 4. The van der Waals surface area contributed by atoms with Gasteiger partial charge in [-0.15, -0.1) is 6.58 Å². The molecule has 0 radical (unpaired) electrons. The molecule has 1 fully saturated rings. The van der Waals surface area contributed by atoms with Gasteiger partial charge in [-0.25, -0.2) is 0 Å². The Hall–Kier alpha value is -1.44. The molecule has 0 saturated carbocycles. The van der Waals surface area contributed by atoms with Gasteiger partial charge >= 0.3 is 5.97 Å². The molecule has 0 aliphatic carbocycles. The molecule has 1 amide bonds. The van der Waals surface area contributed by atoms with E-state index in [1.54, 1.807) is 6.08 Å². The molecule has 4 N–H and O–H groups in total. The largest absolute Gasteiger partial charge is 0.480 e. The van der Waals surface area contributed by atoms with E-state index in [2.05, 4.69) is 17.2 Å². The summed E-state index contributed by atoms with van der Waals surface area (Å²) in [6.07, 6.45) is 2.21. The molecule has 7 nitrogen and oxygen atoms in total. The van der Waals surface area contributed by atoms with Crippen LogP contribution in [-0.4, -0.2) is 71.4 Å². The van der Waals surface area contributed by atoms with Gasteiger partial charge in [-0.3, -0.25) is 19.8 Å². The van der Waals surface area contributed by atoms with E-state index in [9.17, 15) is 14.7 Å². The minimum absolute atomic E-state index is 0.0224. The van der Waals surface area contributed by atoms with Crippen LogP contribution in [0.1, 0.15) is 20.3 Å². The lowest BCUT2D eigenvalue weighted by Crippen LogP contribution is -2.56. The third-order valence-corrected chi connectivity index (χ3v) is 4.10. The standard InChI is InChI=1S/C15H27N3O4/c1-4-11-8-12(15(21)22)17-14(11)13(16-10(3)20)9-18(5-2)6-7-19/h4,11-14,17,19H,1,5-9H2,2-3H3,(H,16,20)(H,21,22)/t11-,12-,13+,14?/m1/s1. The van der Waals surface area contributed by atoms with Crippen LogP contribution in [0.4, 0.5) is 0 Å². The Morgan fingerprint density at radius 3 is 2.68 bits per heavy atom. The highest BCUT2D eigenvalue weighted by molar-refractivity contribution is 5.75. The van der Waals surface area contributed by atoms with E-state index in [4.69, 9.17) is 5.11 Å². The van der Waals surface area contributed by atoms with Gasteiger partial charge < -0.3 is 15.5 Å². The van der Waals surface area contributed by atoms with Crippen molar-refractivity contribution in [1.82, 2.24) is 15.5 Å². The predicted octanol–water partition coefficient (Wildman–Crippen LogP) is -0.577. The number of nitrogens with zero attached hydrogens (tertiary/aromatic N) is 1. The first-order chi connectivity index (χ1) is 10.4. The Morgan fingerprint density at radius 1 is 1.55 bits per heavy atom. The maximum absolute atomic E-state index is 11.5. The van der Waals surface area contributed by atoms with Crippen LogP contribution >= 0.6 is 0 Å². The minimum atomic E-state index is -0.890. The van der Waals surface area contributed by atoms with Crippen molar-refractivity contribution in [3.8, 4) is 0 Å². The van der Waals surface area contributed by atoms with Gasteiger partial charge in [0.15, 0.2) is 0 Å². The maximum Gasteiger partial charge on any atom is 0.320 e. The second-order valence-corrected chi connectivity index (χ2v) is 5.64. The first-order valence-electron chi connectivity index (χ1n) is 7.64. The first kappa shape index (κ1) is 18.6. The van der Waals surface area contributed by atoms with Gasteiger partial charge in [0.25, 0.3) is 0 Å². The normalized spacial score (nSPS) is 25.9. The average Bonchev–Trinajstić information content (AvgIpc) is 2.89. The third-order valence-electron chi connectivity index (χ3n) is 4.10. The molecular weight excluding hydrogens is 286 g/mol. The molecule has 1 rings (SSSR count). The van der Waals surface area contributed by atoms with Crippen molar-refractivity contribution in [2.75, 3.05) is 26.2 Å². The number of nitrogens with one attached hydrogen (secondary N) is 2. The first-order valence-corrected chi connectivity index (χ1v) is 7.64. The Bertz CT molecular complexity index is 402. The summed E-state index contributed by atoms with van der Waals surface area (Å²) in [7, 11) is 0. The Kier molecular flexibility index (Phi) is 7.50. The van der Waals surface area contributed by atoms with Crippen LogP contribution in [0.5, 0.6) is 0 Å². The van der Waals surface area contributed by atoms with E-state index in [-0.39, 0.29) is 30.5 Å². The maximum atomic E-state index is 11.5. The molecule has 22 heavy (non-hydrogen) atoms. The molecule has 0 spiro atoms. The van der Waals surface area contributed by atoms with Crippen molar-refractivity contribution in [3.05, 3.63) is 12.7 Å². The lowest BCUT2D eigenvalue weighted by Gasteiger charge is -2.32. The molecule has 1 unspecified atom stereocenters. The molecule has 1 saturated heterocycles. The molecule has 0 aromatic carbocycles. The molecule has 4 atom stereocenters. The van der Waals surface area contributed by atoms with Crippen molar-refractivity contribution in [1.29, 1.82) is 0 Å². The molecule has 1 aliphatic heterocycles. The zero-order chi connectivity index (χ0) is 16.7. The van der Waals surface area contributed by atoms with Crippen LogP contribution in [-0.2, 0) is 9.59 Å². The number of carboxylic acids is 1. The Balaban J connectivity index is 2.86. The number of hydrogen-bond acceptors (Lipinski definition) is 5. The van der Waals surface area contributed by atoms with Crippen molar-refractivity contribution in [3.63, 3.8) is 0 Å². The monoisotopic (exact) mass is 313 g/mol. The number of carbonyl (C=O) groups excluding carboxylic acids is 1. The number of aliphatic hydroxyl groups is 1. The number of aliphatic hydroxyl groups excluding tert-OH is 1. The Morgan fingerprint density at radius 2 is 2.23 bits per heavy atom. The van der Waals surface area contributed by atoms with Gasteiger partial charge in [-0.05, 0) is 18.9 Å². The second kappa shape index (κ2) is 8.87. The highest BCUT2D eigenvalue weighted by atomic mass is 16.4. The fraction of sp³-hybridized carbons (Fsp3) is 0.733. The van der Waals surface area contributed by atoms with Crippen LogP contribution in [0, 0.1) is 5.92 Å². The summed E-state index contributed by atoms with van der Waals surface area (Å²) >= 11 is 0. The second-order valence-electron chi connectivity index (χ2n) is 5.64. The highest BCUT2D eigenvalue weighted by Crippen LogP contribution is 2.24. The van der Waals surface area contributed by atoms with Gasteiger partial charge in [0.2, 0.25) is 5.91 Å². The lowest BCUT2D eigenvalue weighted by atomic mass is 9.93. The van der Waals surface area contributed by atoms with Crippen LogP contribution in [0.3, 0.4) is 0 Å². The van der Waals surface area contributed by atoms with Crippen LogP contribution < -0.4 is 10.6 Å². The number of aliphatic carboxylic acids is 1. The van der Waals surface area contributed by atoms with Crippen molar-refractivity contribution in [2.45, 2.75) is 38.4 Å². The predicted molar refractivity (Wildman–Crippen MR) is 83.5 cm³/mol. The highest BCUT2D eigenvalue weighted by Gasteiger charge is 2.40. The van der Waals surface area contributed by atoms with E-state index in [1.807, 2.05) is 11.8 Å². The summed E-state index contributed by atoms with van der Waals surface area (Å²) in [4.78, 5) is 24.7. The summed E-state index contributed by atoms with van der Waals surface area (Å²) in [5.74, 6) is -1.07. The van der Waals surface area contributed by atoms with Gasteiger partial charge in [-0.2, -0.15) is 0 Å².